The zero-order valence-corrected chi connectivity index (χ0v) is 12.2. The summed E-state index contributed by atoms with van der Waals surface area (Å²) in [4.78, 5) is 4.38. The zero-order valence-electron chi connectivity index (χ0n) is 12.2. The second-order valence-corrected chi connectivity index (χ2v) is 5.14. The fraction of sp³-hybridized carbons (Fsp3) is 0.429. The number of aromatic nitrogens is 2. The second-order valence-electron chi connectivity index (χ2n) is 5.14. The van der Waals surface area contributed by atoms with Crippen LogP contribution in [0.3, 0.4) is 0 Å². The molecule has 0 amide bonds. The minimum atomic E-state index is 0.474. The van der Waals surface area contributed by atoms with Crippen molar-refractivity contribution in [1.82, 2.24) is 15.1 Å². The number of hydrogen-bond acceptors (Lipinski definition) is 7. The SMILES string of the molecule is COc1cc(-c2nnc(N3CCN(C)CC3)o2)ccc1N. The Labute approximate surface area is 123 Å². The Morgan fingerprint density at radius 2 is 1.95 bits per heavy atom. The molecule has 2 aromatic rings. The minimum Gasteiger partial charge on any atom is -0.495 e. The lowest BCUT2D eigenvalue weighted by molar-refractivity contribution is 0.305. The lowest BCUT2D eigenvalue weighted by atomic mass is 10.2. The van der Waals surface area contributed by atoms with Crippen molar-refractivity contribution in [3.8, 4) is 17.2 Å². The van der Waals surface area contributed by atoms with Gasteiger partial charge in [0, 0.05) is 31.7 Å². The van der Waals surface area contributed by atoms with Gasteiger partial charge in [0.05, 0.1) is 12.8 Å². The Morgan fingerprint density at radius 1 is 1.19 bits per heavy atom. The maximum Gasteiger partial charge on any atom is 0.318 e. The number of hydrogen-bond donors (Lipinski definition) is 1. The van der Waals surface area contributed by atoms with Crippen molar-refractivity contribution in [3.63, 3.8) is 0 Å². The predicted octanol–water partition coefficient (Wildman–Crippen LogP) is 1.08. The summed E-state index contributed by atoms with van der Waals surface area (Å²) in [6, 6.07) is 5.98. The van der Waals surface area contributed by atoms with E-state index < -0.39 is 0 Å². The number of methoxy groups -OCH3 is 1. The van der Waals surface area contributed by atoms with Crippen LogP contribution in [0.4, 0.5) is 11.7 Å². The van der Waals surface area contributed by atoms with Crippen LogP contribution >= 0.6 is 0 Å². The maximum absolute atomic E-state index is 5.81. The molecule has 0 aliphatic carbocycles. The molecule has 0 saturated carbocycles. The van der Waals surface area contributed by atoms with Crippen LogP contribution in [0.5, 0.6) is 5.75 Å². The van der Waals surface area contributed by atoms with Crippen LogP contribution in [0.15, 0.2) is 22.6 Å². The molecular weight excluding hydrogens is 270 g/mol. The molecule has 21 heavy (non-hydrogen) atoms. The molecule has 7 nitrogen and oxygen atoms in total. The zero-order chi connectivity index (χ0) is 14.8. The summed E-state index contributed by atoms with van der Waals surface area (Å²) in [5.41, 5.74) is 7.19. The summed E-state index contributed by atoms with van der Waals surface area (Å²) in [5, 5.41) is 8.26. The summed E-state index contributed by atoms with van der Waals surface area (Å²) < 4.78 is 11.0. The largest absolute Gasteiger partial charge is 0.495 e. The van der Waals surface area contributed by atoms with Crippen molar-refractivity contribution in [2.75, 3.05) is 51.0 Å². The molecule has 0 radical (unpaired) electrons. The summed E-state index contributed by atoms with van der Waals surface area (Å²) >= 11 is 0. The number of nitrogens with zero attached hydrogens (tertiary/aromatic N) is 4. The van der Waals surface area contributed by atoms with Crippen molar-refractivity contribution in [3.05, 3.63) is 18.2 Å². The van der Waals surface area contributed by atoms with Gasteiger partial charge in [-0.25, -0.2) is 0 Å². The number of anilines is 2. The summed E-state index contributed by atoms with van der Waals surface area (Å²) in [6.07, 6.45) is 0. The third-order valence-corrected chi connectivity index (χ3v) is 3.67. The van der Waals surface area contributed by atoms with E-state index in [1.54, 1.807) is 19.2 Å². The first-order valence-corrected chi connectivity index (χ1v) is 6.88. The normalized spacial score (nSPS) is 16.2. The fourth-order valence-electron chi connectivity index (χ4n) is 2.30. The van der Waals surface area contributed by atoms with Crippen LogP contribution in [0.25, 0.3) is 11.5 Å². The molecule has 1 fully saturated rings. The first kappa shape index (κ1) is 13.7. The number of likely N-dealkylation sites (N-methyl/N-ethyl adjacent to an activating group) is 1. The van der Waals surface area contributed by atoms with E-state index in [0.717, 1.165) is 31.7 Å². The smallest absolute Gasteiger partial charge is 0.318 e. The Hall–Kier alpha value is -2.28. The molecule has 2 N–H and O–H groups in total. The highest BCUT2D eigenvalue weighted by molar-refractivity contribution is 5.64. The Morgan fingerprint density at radius 3 is 2.67 bits per heavy atom. The molecule has 2 heterocycles. The molecular formula is C14H19N5O2. The van der Waals surface area contributed by atoms with Gasteiger partial charge in [-0.3, -0.25) is 0 Å². The van der Waals surface area contributed by atoms with E-state index in [1.807, 2.05) is 6.07 Å². The third-order valence-electron chi connectivity index (χ3n) is 3.67. The molecule has 0 spiro atoms. The Bertz CT molecular complexity index is 620. The molecule has 112 valence electrons. The Kier molecular flexibility index (Phi) is 3.66. The van der Waals surface area contributed by atoms with Crippen LogP contribution in [-0.2, 0) is 0 Å². The summed E-state index contributed by atoms with van der Waals surface area (Å²) in [7, 11) is 3.69. The van der Waals surface area contributed by atoms with E-state index in [1.165, 1.54) is 0 Å². The van der Waals surface area contributed by atoms with Gasteiger partial charge in [0.1, 0.15) is 5.75 Å². The molecule has 1 aliphatic heterocycles. The lowest BCUT2D eigenvalue weighted by Crippen LogP contribution is -2.44. The second kappa shape index (κ2) is 5.61. The maximum atomic E-state index is 5.81. The van der Waals surface area contributed by atoms with E-state index in [0.29, 0.717) is 23.3 Å². The molecule has 1 aromatic heterocycles. The van der Waals surface area contributed by atoms with Gasteiger partial charge >= 0.3 is 6.01 Å². The molecule has 1 aromatic carbocycles. The number of benzene rings is 1. The number of piperazine rings is 1. The lowest BCUT2D eigenvalue weighted by Gasteiger charge is -2.30. The average Bonchev–Trinajstić information content (AvgIpc) is 2.98. The van der Waals surface area contributed by atoms with Gasteiger partial charge in [0.2, 0.25) is 5.89 Å². The molecule has 1 aliphatic rings. The van der Waals surface area contributed by atoms with E-state index in [9.17, 15) is 0 Å². The van der Waals surface area contributed by atoms with E-state index in [-0.39, 0.29) is 0 Å². The Balaban J connectivity index is 1.81. The van der Waals surface area contributed by atoms with Crippen molar-refractivity contribution in [1.29, 1.82) is 0 Å². The molecule has 3 rings (SSSR count). The summed E-state index contributed by atoms with van der Waals surface area (Å²) in [6.45, 7) is 3.77. The number of rotatable bonds is 3. The van der Waals surface area contributed by atoms with Gasteiger partial charge in [-0.05, 0) is 25.2 Å². The highest BCUT2D eigenvalue weighted by Crippen LogP contribution is 2.29. The number of ether oxygens (including phenoxy) is 1. The van der Waals surface area contributed by atoms with Gasteiger partial charge < -0.3 is 24.7 Å². The van der Waals surface area contributed by atoms with Crippen LogP contribution in [0.2, 0.25) is 0 Å². The quantitative estimate of drug-likeness (QED) is 0.847. The van der Waals surface area contributed by atoms with Crippen LogP contribution in [-0.4, -0.2) is 55.4 Å². The highest BCUT2D eigenvalue weighted by atomic mass is 16.5. The molecule has 0 unspecified atom stereocenters. The first-order valence-electron chi connectivity index (χ1n) is 6.88. The van der Waals surface area contributed by atoms with E-state index in [2.05, 4.69) is 27.0 Å². The van der Waals surface area contributed by atoms with Crippen molar-refractivity contribution in [2.45, 2.75) is 0 Å². The van der Waals surface area contributed by atoms with Gasteiger partial charge in [-0.15, -0.1) is 5.10 Å². The van der Waals surface area contributed by atoms with Crippen LogP contribution in [0.1, 0.15) is 0 Å². The van der Waals surface area contributed by atoms with Gasteiger partial charge in [0.15, 0.2) is 0 Å². The number of nitrogens with two attached hydrogens (primary N) is 1. The third kappa shape index (κ3) is 2.78. The van der Waals surface area contributed by atoms with Crippen LogP contribution < -0.4 is 15.4 Å². The topological polar surface area (TPSA) is 80.7 Å². The molecule has 0 bridgehead atoms. The van der Waals surface area contributed by atoms with Gasteiger partial charge in [-0.1, -0.05) is 5.10 Å². The van der Waals surface area contributed by atoms with E-state index >= 15 is 0 Å². The molecule has 7 heteroatoms. The standard InChI is InChI=1S/C14H19N5O2/c1-18-5-7-19(8-6-18)14-17-16-13(21-14)10-3-4-11(15)12(9-10)20-2/h3-4,9H,5-8,15H2,1-2H3. The minimum absolute atomic E-state index is 0.474. The average molecular weight is 289 g/mol. The van der Waals surface area contributed by atoms with Crippen LogP contribution in [0, 0.1) is 0 Å². The van der Waals surface area contributed by atoms with E-state index in [4.69, 9.17) is 14.9 Å². The molecule has 1 saturated heterocycles. The monoisotopic (exact) mass is 289 g/mol. The van der Waals surface area contributed by atoms with Gasteiger partial charge in [0.25, 0.3) is 0 Å². The van der Waals surface area contributed by atoms with Gasteiger partial charge in [-0.2, -0.15) is 0 Å². The number of nitrogen functional groups attached to an aromatic ring is 1. The molecule has 0 atom stereocenters. The van der Waals surface area contributed by atoms with Crippen molar-refractivity contribution >= 4 is 11.7 Å². The highest BCUT2D eigenvalue weighted by Gasteiger charge is 2.20. The predicted molar refractivity (Wildman–Crippen MR) is 80.4 cm³/mol. The van der Waals surface area contributed by atoms with Crippen molar-refractivity contribution < 1.29 is 9.15 Å². The first-order chi connectivity index (χ1) is 10.2. The summed E-state index contributed by atoms with van der Waals surface area (Å²) in [5.74, 6) is 1.08. The van der Waals surface area contributed by atoms with Crippen molar-refractivity contribution in [2.24, 2.45) is 0 Å². The fourth-order valence-corrected chi connectivity index (χ4v) is 2.30.